The summed E-state index contributed by atoms with van der Waals surface area (Å²) in [6, 6.07) is 8.11. The molecular weight excluding hydrogens is 280 g/mol. The van der Waals surface area contributed by atoms with Gasteiger partial charge in [-0.2, -0.15) is 0 Å². The summed E-state index contributed by atoms with van der Waals surface area (Å²) in [5.74, 6) is -1.56. The highest BCUT2D eigenvalue weighted by Crippen LogP contribution is 2.32. The van der Waals surface area contributed by atoms with Gasteiger partial charge in [-0.1, -0.05) is 52.0 Å². The molecule has 0 saturated heterocycles. The molecule has 0 fully saturated rings. The van der Waals surface area contributed by atoms with Gasteiger partial charge in [0.25, 0.3) is 0 Å². The number of hydrogen-bond acceptors (Lipinski definition) is 2. The van der Waals surface area contributed by atoms with E-state index in [1.165, 1.54) is 0 Å². The minimum atomic E-state index is -0.778. The maximum atomic E-state index is 10.7. The number of carbonyl (C=O) groups is 2. The third-order valence-corrected chi connectivity index (χ3v) is 4.38. The molecule has 0 heterocycles. The third kappa shape index (κ3) is 5.17. The van der Waals surface area contributed by atoms with Crippen molar-refractivity contribution < 1.29 is 19.8 Å². The van der Waals surface area contributed by atoms with Crippen LogP contribution in [0.1, 0.15) is 64.5 Å². The molecule has 0 aliphatic rings. The van der Waals surface area contributed by atoms with E-state index >= 15 is 0 Å². The lowest BCUT2D eigenvalue weighted by atomic mass is 9.77. The highest BCUT2D eigenvalue weighted by Gasteiger charge is 2.24. The van der Waals surface area contributed by atoms with E-state index in [-0.39, 0.29) is 23.7 Å². The maximum absolute atomic E-state index is 10.7. The van der Waals surface area contributed by atoms with E-state index < -0.39 is 11.9 Å². The Hall–Kier alpha value is -1.84. The number of rotatable bonds is 8. The summed E-state index contributed by atoms with van der Waals surface area (Å²) in [5.41, 5.74) is 1.82. The molecule has 0 unspecified atom stereocenters. The third-order valence-electron chi connectivity index (χ3n) is 4.38. The molecular formula is C18H26O4. The molecule has 0 bridgehead atoms. The van der Waals surface area contributed by atoms with Crippen molar-refractivity contribution in [1.29, 1.82) is 0 Å². The number of carboxylic acid groups (broad SMARTS) is 2. The summed E-state index contributed by atoms with van der Waals surface area (Å²) in [6.07, 6.45) is 1.48. The average molecular weight is 306 g/mol. The zero-order valence-corrected chi connectivity index (χ0v) is 13.8. The smallest absolute Gasteiger partial charge is 0.303 e. The van der Waals surface area contributed by atoms with Crippen LogP contribution in [-0.4, -0.2) is 22.2 Å². The molecule has 4 heteroatoms. The molecule has 0 radical (unpaired) electrons. The number of hydrogen-bond donors (Lipinski definition) is 2. The highest BCUT2D eigenvalue weighted by atomic mass is 16.4. The molecule has 1 aromatic carbocycles. The predicted octanol–water partition coefficient (Wildman–Crippen LogP) is 3.97. The Morgan fingerprint density at radius 1 is 0.773 bits per heavy atom. The number of carboxylic acids is 2. The standard InChI is InChI=1S/C18H26O4/c1-17(2,11-9-15(19)20)13-5-7-14(8-6-13)18(3,4)12-10-16(21)22/h5-8H,9-12H2,1-4H3,(H,19,20)(H,21,22). The maximum Gasteiger partial charge on any atom is 0.303 e. The molecule has 0 saturated carbocycles. The summed E-state index contributed by atoms with van der Waals surface area (Å²) in [4.78, 5) is 21.5. The quantitative estimate of drug-likeness (QED) is 0.762. The van der Waals surface area contributed by atoms with Gasteiger partial charge in [-0.25, -0.2) is 0 Å². The summed E-state index contributed by atoms with van der Waals surface area (Å²) in [6.45, 7) is 8.17. The van der Waals surface area contributed by atoms with Crippen molar-refractivity contribution >= 4 is 11.9 Å². The van der Waals surface area contributed by atoms with Gasteiger partial charge < -0.3 is 10.2 Å². The van der Waals surface area contributed by atoms with Gasteiger partial charge in [0.2, 0.25) is 0 Å². The van der Waals surface area contributed by atoms with Crippen molar-refractivity contribution in [2.24, 2.45) is 0 Å². The van der Waals surface area contributed by atoms with Crippen LogP contribution in [0, 0.1) is 0 Å². The first-order chi connectivity index (χ1) is 10.0. The molecule has 0 spiro atoms. The van der Waals surface area contributed by atoms with E-state index in [1.54, 1.807) is 0 Å². The molecule has 122 valence electrons. The second-order valence-corrected chi connectivity index (χ2v) is 7.13. The molecule has 1 aromatic rings. The first-order valence-corrected chi connectivity index (χ1v) is 7.59. The molecule has 0 aliphatic carbocycles. The van der Waals surface area contributed by atoms with Crippen molar-refractivity contribution in [2.45, 2.75) is 64.2 Å². The van der Waals surface area contributed by atoms with Gasteiger partial charge in [-0.05, 0) is 34.8 Å². The molecule has 0 atom stereocenters. The van der Waals surface area contributed by atoms with Crippen LogP contribution in [0.4, 0.5) is 0 Å². The predicted molar refractivity (Wildman–Crippen MR) is 86.2 cm³/mol. The van der Waals surface area contributed by atoms with Crippen LogP contribution in [-0.2, 0) is 20.4 Å². The van der Waals surface area contributed by atoms with E-state index in [2.05, 4.69) is 0 Å². The Morgan fingerprint density at radius 2 is 1.05 bits per heavy atom. The lowest BCUT2D eigenvalue weighted by Gasteiger charge is -2.28. The van der Waals surface area contributed by atoms with Gasteiger partial charge in [-0.15, -0.1) is 0 Å². The van der Waals surface area contributed by atoms with Gasteiger partial charge >= 0.3 is 11.9 Å². The summed E-state index contributed by atoms with van der Waals surface area (Å²) >= 11 is 0. The van der Waals surface area contributed by atoms with Crippen LogP contribution >= 0.6 is 0 Å². The zero-order chi connectivity index (χ0) is 17.0. The van der Waals surface area contributed by atoms with Crippen molar-refractivity contribution in [2.75, 3.05) is 0 Å². The Balaban J connectivity index is 2.85. The normalized spacial score (nSPS) is 12.2. The van der Waals surface area contributed by atoms with E-state index in [0.29, 0.717) is 12.8 Å². The molecule has 0 aromatic heterocycles. The van der Waals surface area contributed by atoms with Crippen LogP contribution in [0.3, 0.4) is 0 Å². The fourth-order valence-electron chi connectivity index (χ4n) is 2.50. The van der Waals surface area contributed by atoms with Crippen molar-refractivity contribution in [3.8, 4) is 0 Å². The average Bonchev–Trinajstić information content (AvgIpc) is 2.43. The molecule has 0 aliphatic heterocycles. The molecule has 4 nitrogen and oxygen atoms in total. The van der Waals surface area contributed by atoms with E-state index in [0.717, 1.165) is 11.1 Å². The second kappa shape index (κ2) is 6.95. The van der Waals surface area contributed by atoms with Crippen LogP contribution in [0.2, 0.25) is 0 Å². The first-order valence-electron chi connectivity index (χ1n) is 7.59. The number of benzene rings is 1. The number of aliphatic carboxylic acids is 2. The Bertz CT molecular complexity index is 478. The van der Waals surface area contributed by atoms with Crippen molar-refractivity contribution in [1.82, 2.24) is 0 Å². The van der Waals surface area contributed by atoms with Crippen LogP contribution in [0.25, 0.3) is 0 Å². The van der Waals surface area contributed by atoms with Gasteiger partial charge in [0.1, 0.15) is 0 Å². The largest absolute Gasteiger partial charge is 0.481 e. The minimum Gasteiger partial charge on any atom is -0.481 e. The van der Waals surface area contributed by atoms with E-state index in [9.17, 15) is 9.59 Å². The fraction of sp³-hybridized carbons (Fsp3) is 0.556. The molecule has 2 N–H and O–H groups in total. The van der Waals surface area contributed by atoms with Gasteiger partial charge in [0, 0.05) is 12.8 Å². The van der Waals surface area contributed by atoms with Gasteiger partial charge in [0.15, 0.2) is 0 Å². The molecule has 22 heavy (non-hydrogen) atoms. The van der Waals surface area contributed by atoms with Crippen molar-refractivity contribution in [3.63, 3.8) is 0 Å². The lowest BCUT2D eigenvalue weighted by molar-refractivity contribution is -0.138. The van der Waals surface area contributed by atoms with Gasteiger partial charge in [-0.3, -0.25) is 9.59 Å². The summed E-state index contributed by atoms with van der Waals surface area (Å²) in [5, 5.41) is 17.7. The zero-order valence-electron chi connectivity index (χ0n) is 13.8. The highest BCUT2D eigenvalue weighted by molar-refractivity contribution is 5.67. The Morgan fingerprint density at radius 3 is 1.27 bits per heavy atom. The molecule has 1 rings (SSSR count). The Kier molecular flexibility index (Phi) is 5.75. The SMILES string of the molecule is CC(C)(CCC(=O)O)c1ccc(C(C)(C)CCC(=O)O)cc1. The van der Waals surface area contributed by atoms with Crippen LogP contribution in [0.5, 0.6) is 0 Å². The molecule has 0 amide bonds. The summed E-state index contributed by atoms with van der Waals surface area (Å²) in [7, 11) is 0. The second-order valence-electron chi connectivity index (χ2n) is 7.13. The monoisotopic (exact) mass is 306 g/mol. The van der Waals surface area contributed by atoms with E-state index in [1.807, 2.05) is 52.0 Å². The minimum absolute atomic E-state index is 0.152. The first kappa shape index (κ1) is 18.2. The van der Waals surface area contributed by atoms with E-state index in [4.69, 9.17) is 10.2 Å². The summed E-state index contributed by atoms with van der Waals surface area (Å²) < 4.78 is 0. The fourth-order valence-corrected chi connectivity index (χ4v) is 2.50. The van der Waals surface area contributed by atoms with Crippen molar-refractivity contribution in [3.05, 3.63) is 35.4 Å². The van der Waals surface area contributed by atoms with Crippen LogP contribution < -0.4 is 0 Å². The lowest BCUT2D eigenvalue weighted by Crippen LogP contribution is -2.21. The van der Waals surface area contributed by atoms with Gasteiger partial charge in [0.05, 0.1) is 0 Å². The Labute approximate surface area is 132 Å². The topological polar surface area (TPSA) is 74.6 Å². The van der Waals surface area contributed by atoms with Crippen LogP contribution in [0.15, 0.2) is 24.3 Å².